The summed E-state index contributed by atoms with van der Waals surface area (Å²) in [6.07, 6.45) is -0.441. The largest absolute Gasteiger partial charge is 0.463 e. The Bertz CT molecular complexity index is 841. The van der Waals surface area contributed by atoms with Crippen LogP contribution >= 0.6 is 0 Å². The fourth-order valence-electron chi connectivity index (χ4n) is 3.53. The first kappa shape index (κ1) is 26.2. The van der Waals surface area contributed by atoms with Gasteiger partial charge >= 0.3 is 23.9 Å². The standard InChI is InChI=1S/C21H31N3O9/c1-6-7-8-9-16-10-24(23-22-16)21-20(32-15(5)28)19(31-14(4)27)18(30-13(3)26)17(33-21)11-29-12(2)25/h10,17-21H,6-9,11H2,1-5H3/t17-,18-,19+,20-,21-/m1/s1. The van der Waals surface area contributed by atoms with Crippen molar-refractivity contribution in [1.82, 2.24) is 15.0 Å². The molecule has 0 radical (unpaired) electrons. The maximum Gasteiger partial charge on any atom is 0.303 e. The number of aromatic nitrogens is 3. The van der Waals surface area contributed by atoms with Crippen LogP contribution in [0.15, 0.2) is 6.20 Å². The predicted octanol–water partition coefficient (Wildman–Crippen LogP) is 1.27. The van der Waals surface area contributed by atoms with E-state index in [1.54, 1.807) is 6.20 Å². The van der Waals surface area contributed by atoms with Gasteiger partial charge in [0.05, 0.1) is 11.9 Å². The number of esters is 4. The van der Waals surface area contributed by atoms with Crippen molar-refractivity contribution in [1.29, 1.82) is 0 Å². The molecule has 12 heteroatoms. The van der Waals surface area contributed by atoms with Crippen LogP contribution in [-0.2, 0) is 49.3 Å². The SMILES string of the molecule is CCCCCc1cn([C@@H]2O[C@H](COC(C)=O)[C@@H](OC(C)=O)[C@H](OC(C)=O)[C@H]2OC(C)=O)nn1. The molecule has 0 aromatic carbocycles. The smallest absolute Gasteiger partial charge is 0.303 e. The van der Waals surface area contributed by atoms with Gasteiger partial charge in [0.2, 0.25) is 0 Å². The van der Waals surface area contributed by atoms with Gasteiger partial charge in [-0.25, -0.2) is 4.68 Å². The third-order valence-corrected chi connectivity index (χ3v) is 4.82. The molecule has 0 saturated carbocycles. The Balaban J connectivity index is 2.44. The first-order chi connectivity index (χ1) is 15.6. The molecule has 2 rings (SSSR count). The van der Waals surface area contributed by atoms with Gasteiger partial charge in [-0.1, -0.05) is 25.0 Å². The molecule has 0 unspecified atom stereocenters. The molecule has 2 heterocycles. The molecule has 0 N–H and O–H groups in total. The van der Waals surface area contributed by atoms with Crippen molar-refractivity contribution < 1.29 is 42.9 Å². The highest BCUT2D eigenvalue weighted by Gasteiger charge is 2.53. The quantitative estimate of drug-likeness (QED) is 0.277. The molecule has 0 bridgehead atoms. The Kier molecular flexibility index (Phi) is 9.76. The molecule has 1 aromatic heterocycles. The summed E-state index contributed by atoms with van der Waals surface area (Å²) in [6, 6.07) is 0. The summed E-state index contributed by atoms with van der Waals surface area (Å²) in [7, 11) is 0. The summed E-state index contributed by atoms with van der Waals surface area (Å²) < 4.78 is 28.7. The van der Waals surface area contributed by atoms with E-state index in [1.165, 1.54) is 32.4 Å². The first-order valence-corrected chi connectivity index (χ1v) is 10.8. The molecule has 12 nitrogen and oxygen atoms in total. The second kappa shape index (κ2) is 12.3. The summed E-state index contributed by atoms with van der Waals surface area (Å²) >= 11 is 0. The van der Waals surface area contributed by atoms with Crippen LogP contribution in [0.5, 0.6) is 0 Å². The van der Waals surface area contributed by atoms with Crippen LogP contribution in [0.4, 0.5) is 0 Å². The summed E-state index contributed by atoms with van der Waals surface area (Å²) in [6.45, 7) is 6.53. The van der Waals surface area contributed by atoms with E-state index in [4.69, 9.17) is 23.7 Å². The van der Waals surface area contributed by atoms with E-state index in [-0.39, 0.29) is 6.61 Å². The Hall–Kier alpha value is -3.02. The molecule has 0 spiro atoms. The van der Waals surface area contributed by atoms with Crippen molar-refractivity contribution in [3.8, 4) is 0 Å². The van der Waals surface area contributed by atoms with Gasteiger partial charge in [-0.2, -0.15) is 0 Å². The van der Waals surface area contributed by atoms with Crippen molar-refractivity contribution in [2.24, 2.45) is 0 Å². The maximum atomic E-state index is 11.9. The minimum atomic E-state index is -1.25. The number of hydrogen-bond donors (Lipinski definition) is 0. The van der Waals surface area contributed by atoms with E-state index >= 15 is 0 Å². The lowest BCUT2D eigenvalue weighted by Gasteiger charge is -2.44. The third-order valence-electron chi connectivity index (χ3n) is 4.82. The van der Waals surface area contributed by atoms with Crippen molar-refractivity contribution >= 4 is 23.9 Å². The fourth-order valence-corrected chi connectivity index (χ4v) is 3.53. The number of carbonyl (C=O) groups excluding carboxylic acids is 4. The van der Waals surface area contributed by atoms with Gasteiger partial charge in [0, 0.05) is 27.7 Å². The van der Waals surface area contributed by atoms with Crippen LogP contribution in [0.3, 0.4) is 0 Å². The second-order valence-electron chi connectivity index (χ2n) is 7.74. The van der Waals surface area contributed by atoms with Gasteiger partial charge in [-0.05, 0) is 12.8 Å². The summed E-state index contributed by atoms with van der Waals surface area (Å²) in [5.41, 5.74) is 0.705. The van der Waals surface area contributed by atoms with Crippen molar-refractivity contribution in [2.45, 2.75) is 90.9 Å². The normalized spacial score (nSPS) is 24.6. The highest BCUT2D eigenvalue weighted by atomic mass is 16.7. The van der Waals surface area contributed by atoms with Crippen molar-refractivity contribution in [3.63, 3.8) is 0 Å². The summed E-state index contributed by atoms with van der Waals surface area (Å²) in [4.78, 5) is 46.9. The second-order valence-corrected chi connectivity index (χ2v) is 7.74. The zero-order chi connectivity index (χ0) is 24.5. The van der Waals surface area contributed by atoms with Crippen LogP contribution in [-0.4, -0.2) is 69.9 Å². The number of ether oxygens (including phenoxy) is 5. The van der Waals surface area contributed by atoms with E-state index in [1.807, 2.05) is 0 Å². The zero-order valence-electron chi connectivity index (χ0n) is 19.5. The Morgan fingerprint density at radius 3 is 2.09 bits per heavy atom. The van der Waals surface area contributed by atoms with Crippen LogP contribution < -0.4 is 0 Å². The van der Waals surface area contributed by atoms with E-state index in [9.17, 15) is 19.2 Å². The Labute approximate surface area is 191 Å². The molecule has 1 aliphatic rings. The third kappa shape index (κ3) is 7.81. The Morgan fingerprint density at radius 1 is 0.909 bits per heavy atom. The first-order valence-electron chi connectivity index (χ1n) is 10.8. The number of hydrogen-bond acceptors (Lipinski definition) is 11. The average Bonchev–Trinajstić information content (AvgIpc) is 3.17. The summed E-state index contributed by atoms with van der Waals surface area (Å²) in [5.74, 6) is -2.64. The fraction of sp³-hybridized carbons (Fsp3) is 0.714. The molecule has 0 aliphatic carbocycles. The van der Waals surface area contributed by atoms with Gasteiger partial charge in [0.1, 0.15) is 12.7 Å². The molecular formula is C21H31N3O9. The van der Waals surface area contributed by atoms with Crippen molar-refractivity contribution in [3.05, 3.63) is 11.9 Å². The van der Waals surface area contributed by atoms with Gasteiger partial charge in [0.25, 0.3) is 0 Å². The molecule has 0 amide bonds. The number of aryl methyl sites for hydroxylation is 1. The highest BCUT2D eigenvalue weighted by molar-refractivity contribution is 5.68. The van der Waals surface area contributed by atoms with E-state index in [0.29, 0.717) is 12.1 Å². The van der Waals surface area contributed by atoms with Gasteiger partial charge in [-0.3, -0.25) is 19.2 Å². The van der Waals surface area contributed by atoms with Crippen LogP contribution in [0.2, 0.25) is 0 Å². The highest BCUT2D eigenvalue weighted by Crippen LogP contribution is 2.34. The van der Waals surface area contributed by atoms with Gasteiger partial charge in [-0.15, -0.1) is 5.10 Å². The lowest BCUT2D eigenvalue weighted by atomic mass is 9.97. The zero-order valence-corrected chi connectivity index (χ0v) is 19.5. The number of unbranched alkanes of at least 4 members (excludes halogenated alkanes) is 2. The molecular weight excluding hydrogens is 438 g/mol. The van der Waals surface area contributed by atoms with E-state index in [0.717, 1.165) is 19.3 Å². The lowest BCUT2D eigenvalue weighted by Crippen LogP contribution is -2.60. The van der Waals surface area contributed by atoms with E-state index in [2.05, 4.69) is 17.2 Å². The minimum Gasteiger partial charge on any atom is -0.463 e. The maximum absolute atomic E-state index is 11.9. The van der Waals surface area contributed by atoms with E-state index < -0.39 is 54.5 Å². The lowest BCUT2D eigenvalue weighted by molar-refractivity contribution is -0.270. The van der Waals surface area contributed by atoms with Crippen LogP contribution in [0, 0.1) is 0 Å². The molecule has 33 heavy (non-hydrogen) atoms. The number of nitrogens with zero attached hydrogens (tertiary/aromatic N) is 3. The topological polar surface area (TPSA) is 145 Å². The average molecular weight is 469 g/mol. The number of rotatable bonds is 10. The molecule has 1 saturated heterocycles. The molecule has 1 aliphatic heterocycles. The predicted molar refractivity (Wildman–Crippen MR) is 110 cm³/mol. The Morgan fingerprint density at radius 2 is 1.52 bits per heavy atom. The van der Waals surface area contributed by atoms with Gasteiger partial charge in [0.15, 0.2) is 24.5 Å². The molecule has 5 atom stereocenters. The number of carbonyl (C=O) groups is 4. The van der Waals surface area contributed by atoms with Crippen LogP contribution in [0.1, 0.15) is 65.8 Å². The van der Waals surface area contributed by atoms with Crippen molar-refractivity contribution in [2.75, 3.05) is 6.61 Å². The molecule has 184 valence electrons. The summed E-state index contributed by atoms with van der Waals surface area (Å²) in [5, 5.41) is 8.24. The monoisotopic (exact) mass is 469 g/mol. The minimum absolute atomic E-state index is 0.299. The van der Waals surface area contributed by atoms with Crippen LogP contribution in [0.25, 0.3) is 0 Å². The molecule has 1 fully saturated rings. The van der Waals surface area contributed by atoms with Gasteiger partial charge < -0.3 is 23.7 Å². The molecule has 1 aromatic rings.